The van der Waals surface area contributed by atoms with E-state index in [9.17, 15) is 0 Å². The molecule has 14 heavy (non-hydrogen) atoms. The number of nitrogens with zero attached hydrogens (tertiary/aromatic N) is 2. The molecule has 0 unspecified atom stereocenters. The second-order valence-electron chi connectivity index (χ2n) is 2.99. The van der Waals surface area contributed by atoms with Crippen LogP contribution in [0.25, 0.3) is 11.0 Å². The zero-order valence-electron chi connectivity index (χ0n) is 8.10. The maximum atomic E-state index is 4.53. The molecule has 1 aromatic carbocycles. The normalized spacial score (nSPS) is 10.6. The largest absolute Gasteiger partial charge is 0.315 e. The van der Waals surface area contributed by atoms with Crippen LogP contribution in [0.5, 0.6) is 0 Å². The summed E-state index contributed by atoms with van der Waals surface area (Å²) in [5.74, 6) is 0. The molecule has 0 amide bonds. The van der Waals surface area contributed by atoms with Gasteiger partial charge in [0.25, 0.3) is 0 Å². The zero-order valence-corrected chi connectivity index (χ0v) is 8.92. The smallest absolute Gasteiger partial charge is 0.169 e. The molecule has 0 N–H and O–H groups in total. The van der Waals surface area contributed by atoms with E-state index in [1.165, 1.54) is 5.52 Å². The highest BCUT2D eigenvalue weighted by Crippen LogP contribution is 2.21. The molecular formula is C11H12N2S. The summed E-state index contributed by atoms with van der Waals surface area (Å²) in [5, 5.41) is 1.05. The third-order valence-corrected chi connectivity index (χ3v) is 2.79. The van der Waals surface area contributed by atoms with Gasteiger partial charge >= 0.3 is 0 Å². The molecule has 0 saturated heterocycles. The fraction of sp³-hybridized carbons (Fsp3) is 0.182. The number of hydrogen-bond donors (Lipinski definition) is 0. The molecule has 0 bridgehead atoms. The van der Waals surface area contributed by atoms with E-state index in [2.05, 4.69) is 22.2 Å². The van der Waals surface area contributed by atoms with Gasteiger partial charge in [-0.2, -0.15) is 0 Å². The van der Waals surface area contributed by atoms with Crippen molar-refractivity contribution in [2.45, 2.75) is 11.7 Å². The summed E-state index contributed by atoms with van der Waals surface area (Å²) in [4.78, 5) is 4.53. The molecule has 0 fully saturated rings. The van der Waals surface area contributed by atoms with Crippen molar-refractivity contribution in [1.82, 2.24) is 9.55 Å². The van der Waals surface area contributed by atoms with E-state index < -0.39 is 0 Å². The minimum atomic E-state index is 0.816. The molecule has 1 heterocycles. The number of para-hydroxylation sites is 2. The van der Waals surface area contributed by atoms with Crippen molar-refractivity contribution >= 4 is 22.8 Å². The van der Waals surface area contributed by atoms with Crippen LogP contribution in [0, 0.1) is 0 Å². The van der Waals surface area contributed by atoms with Gasteiger partial charge in [0.2, 0.25) is 0 Å². The Labute approximate surface area is 87.6 Å². The van der Waals surface area contributed by atoms with Gasteiger partial charge in [0.15, 0.2) is 5.16 Å². The molecule has 2 rings (SSSR count). The average Bonchev–Trinajstić information content (AvgIpc) is 2.58. The molecule has 0 atom stereocenters. The summed E-state index contributed by atoms with van der Waals surface area (Å²) in [6.45, 7) is 4.58. The molecule has 0 aliphatic heterocycles. The van der Waals surface area contributed by atoms with Crippen molar-refractivity contribution in [3.05, 3.63) is 36.9 Å². The Balaban J connectivity index is 2.67. The summed E-state index contributed by atoms with van der Waals surface area (Å²) in [6.07, 6.45) is 3.94. The quantitative estimate of drug-likeness (QED) is 0.565. The first-order valence-corrected chi connectivity index (χ1v) is 5.69. The maximum absolute atomic E-state index is 4.53. The van der Waals surface area contributed by atoms with Crippen molar-refractivity contribution in [2.24, 2.45) is 0 Å². The summed E-state index contributed by atoms with van der Waals surface area (Å²) in [7, 11) is 0. The Morgan fingerprint density at radius 3 is 3.00 bits per heavy atom. The van der Waals surface area contributed by atoms with Crippen LogP contribution >= 0.6 is 11.8 Å². The molecule has 0 aliphatic rings. The molecule has 0 saturated carbocycles. The van der Waals surface area contributed by atoms with E-state index in [1.807, 2.05) is 30.5 Å². The Hall–Kier alpha value is -1.22. The van der Waals surface area contributed by atoms with Gasteiger partial charge < -0.3 is 4.57 Å². The third-order valence-electron chi connectivity index (χ3n) is 2.11. The molecule has 1 aromatic heterocycles. The molecule has 0 aliphatic carbocycles. The van der Waals surface area contributed by atoms with Gasteiger partial charge in [-0.15, -0.1) is 6.58 Å². The lowest BCUT2D eigenvalue weighted by atomic mass is 10.3. The van der Waals surface area contributed by atoms with Gasteiger partial charge in [0.05, 0.1) is 11.0 Å². The highest BCUT2D eigenvalue weighted by molar-refractivity contribution is 7.98. The van der Waals surface area contributed by atoms with Crippen molar-refractivity contribution < 1.29 is 0 Å². The summed E-state index contributed by atoms with van der Waals surface area (Å²) in [5.41, 5.74) is 2.23. The number of imidazole rings is 1. The van der Waals surface area contributed by atoms with Crippen LogP contribution in [0.2, 0.25) is 0 Å². The molecule has 0 spiro atoms. The second kappa shape index (κ2) is 3.88. The minimum Gasteiger partial charge on any atom is -0.315 e. The lowest BCUT2D eigenvalue weighted by Gasteiger charge is -2.02. The Morgan fingerprint density at radius 1 is 1.50 bits per heavy atom. The number of rotatable bonds is 3. The number of hydrogen-bond acceptors (Lipinski definition) is 2. The molecule has 0 radical (unpaired) electrons. The van der Waals surface area contributed by atoms with Crippen molar-refractivity contribution in [1.29, 1.82) is 0 Å². The molecule has 3 heteroatoms. The van der Waals surface area contributed by atoms with Crippen LogP contribution in [-0.2, 0) is 6.54 Å². The number of aromatic nitrogens is 2. The lowest BCUT2D eigenvalue weighted by molar-refractivity contribution is 0.750. The minimum absolute atomic E-state index is 0.816. The van der Waals surface area contributed by atoms with E-state index in [-0.39, 0.29) is 0 Å². The van der Waals surface area contributed by atoms with Crippen molar-refractivity contribution in [3.63, 3.8) is 0 Å². The van der Waals surface area contributed by atoms with E-state index in [4.69, 9.17) is 0 Å². The summed E-state index contributed by atoms with van der Waals surface area (Å²) >= 11 is 1.67. The van der Waals surface area contributed by atoms with Crippen LogP contribution < -0.4 is 0 Å². The Kier molecular flexibility index (Phi) is 2.59. The number of thioether (sulfide) groups is 1. The first kappa shape index (κ1) is 9.34. The summed E-state index contributed by atoms with van der Waals surface area (Å²) < 4.78 is 2.17. The first-order chi connectivity index (χ1) is 6.86. The molecule has 72 valence electrons. The fourth-order valence-corrected chi connectivity index (χ4v) is 2.10. The van der Waals surface area contributed by atoms with E-state index in [1.54, 1.807) is 11.8 Å². The average molecular weight is 204 g/mol. The fourth-order valence-electron chi connectivity index (χ4n) is 1.51. The topological polar surface area (TPSA) is 17.8 Å². The summed E-state index contributed by atoms with van der Waals surface area (Å²) in [6, 6.07) is 8.17. The van der Waals surface area contributed by atoms with Gasteiger partial charge in [0.1, 0.15) is 0 Å². The SMILES string of the molecule is C=CCn1c(SC)nc2ccccc21. The van der Waals surface area contributed by atoms with E-state index in [0.29, 0.717) is 0 Å². The van der Waals surface area contributed by atoms with E-state index in [0.717, 1.165) is 17.2 Å². The molecule has 2 nitrogen and oxygen atoms in total. The first-order valence-electron chi connectivity index (χ1n) is 4.47. The van der Waals surface area contributed by atoms with Gasteiger partial charge in [-0.05, 0) is 18.4 Å². The monoisotopic (exact) mass is 204 g/mol. The van der Waals surface area contributed by atoms with Gasteiger partial charge in [0, 0.05) is 6.54 Å². The van der Waals surface area contributed by atoms with Gasteiger partial charge in [-0.25, -0.2) is 4.98 Å². The Bertz CT molecular complexity index is 459. The van der Waals surface area contributed by atoms with Crippen LogP contribution in [0.4, 0.5) is 0 Å². The zero-order chi connectivity index (χ0) is 9.97. The third kappa shape index (κ3) is 1.44. The van der Waals surface area contributed by atoms with Crippen LogP contribution in [0.3, 0.4) is 0 Å². The predicted molar refractivity (Wildman–Crippen MR) is 61.7 cm³/mol. The van der Waals surface area contributed by atoms with Gasteiger partial charge in [-0.3, -0.25) is 0 Å². The molecule has 2 aromatic rings. The molecular weight excluding hydrogens is 192 g/mol. The highest BCUT2D eigenvalue weighted by atomic mass is 32.2. The van der Waals surface area contributed by atoms with Crippen molar-refractivity contribution in [2.75, 3.05) is 6.26 Å². The number of benzene rings is 1. The maximum Gasteiger partial charge on any atom is 0.169 e. The number of allylic oxidation sites excluding steroid dienone is 1. The van der Waals surface area contributed by atoms with Gasteiger partial charge in [-0.1, -0.05) is 30.0 Å². The van der Waals surface area contributed by atoms with Crippen LogP contribution in [-0.4, -0.2) is 15.8 Å². The highest BCUT2D eigenvalue weighted by Gasteiger charge is 2.06. The second-order valence-corrected chi connectivity index (χ2v) is 3.76. The standard InChI is InChI=1S/C11H12N2S/c1-3-8-13-10-7-5-4-6-9(10)12-11(13)14-2/h3-7H,1,8H2,2H3. The van der Waals surface area contributed by atoms with Crippen LogP contribution in [0.15, 0.2) is 42.1 Å². The van der Waals surface area contributed by atoms with Crippen molar-refractivity contribution in [3.8, 4) is 0 Å². The predicted octanol–water partition coefficient (Wildman–Crippen LogP) is 2.94. The lowest BCUT2D eigenvalue weighted by Crippen LogP contribution is -1.96. The Morgan fingerprint density at radius 2 is 2.29 bits per heavy atom. The van der Waals surface area contributed by atoms with E-state index >= 15 is 0 Å². The number of fused-ring (bicyclic) bond motifs is 1. The van der Waals surface area contributed by atoms with Crippen LogP contribution in [0.1, 0.15) is 0 Å².